The zero-order valence-corrected chi connectivity index (χ0v) is 15.1. The van der Waals surface area contributed by atoms with Crippen LogP contribution in [0.5, 0.6) is 0 Å². The van der Waals surface area contributed by atoms with Crippen molar-refractivity contribution in [3.8, 4) is 22.4 Å². The first-order valence-electron chi connectivity index (χ1n) is 8.79. The summed E-state index contributed by atoms with van der Waals surface area (Å²) in [5, 5.41) is 0. The minimum absolute atomic E-state index is 0.801. The minimum Gasteiger partial charge on any atom is -0.333 e. The standard InChI is InChI=1S/C23H21N3/c1-17-18(2)22(9-8-21(17)20-6-4-3-5-7-20)23-14-19(10-11-25-23)15-26-13-12-24-16-26/h3-14,16H,15H2,1-2H3. The van der Waals surface area contributed by atoms with Gasteiger partial charge in [0.2, 0.25) is 0 Å². The molecule has 4 aromatic rings. The fraction of sp³-hybridized carbons (Fsp3) is 0.130. The number of imidazole rings is 1. The van der Waals surface area contributed by atoms with Gasteiger partial charge in [-0.2, -0.15) is 0 Å². The zero-order chi connectivity index (χ0) is 17.9. The second-order valence-corrected chi connectivity index (χ2v) is 6.56. The predicted octanol–water partition coefficient (Wildman–Crippen LogP) is 5.28. The van der Waals surface area contributed by atoms with Crippen molar-refractivity contribution in [2.75, 3.05) is 0 Å². The van der Waals surface area contributed by atoms with Crippen molar-refractivity contribution >= 4 is 0 Å². The summed E-state index contributed by atoms with van der Waals surface area (Å²) in [4.78, 5) is 8.73. The van der Waals surface area contributed by atoms with Crippen molar-refractivity contribution in [3.63, 3.8) is 0 Å². The van der Waals surface area contributed by atoms with E-state index in [1.807, 2.05) is 18.7 Å². The molecule has 0 amide bonds. The maximum Gasteiger partial charge on any atom is 0.0949 e. The van der Waals surface area contributed by atoms with E-state index >= 15 is 0 Å². The molecule has 2 heterocycles. The highest BCUT2D eigenvalue weighted by Gasteiger charge is 2.11. The van der Waals surface area contributed by atoms with Crippen molar-refractivity contribution in [1.29, 1.82) is 0 Å². The third-order valence-electron chi connectivity index (χ3n) is 4.90. The first-order valence-corrected chi connectivity index (χ1v) is 8.79. The summed E-state index contributed by atoms with van der Waals surface area (Å²) in [5.74, 6) is 0. The van der Waals surface area contributed by atoms with E-state index in [9.17, 15) is 0 Å². The highest BCUT2D eigenvalue weighted by Crippen LogP contribution is 2.32. The minimum atomic E-state index is 0.801. The molecule has 3 heteroatoms. The van der Waals surface area contributed by atoms with E-state index in [0.717, 1.165) is 12.2 Å². The molecule has 3 nitrogen and oxygen atoms in total. The van der Waals surface area contributed by atoms with Gasteiger partial charge in [-0.1, -0.05) is 42.5 Å². The first-order chi connectivity index (χ1) is 12.7. The molecular formula is C23H21N3. The van der Waals surface area contributed by atoms with Crippen molar-refractivity contribution < 1.29 is 0 Å². The molecule has 4 rings (SSSR count). The third kappa shape index (κ3) is 3.16. The Morgan fingerprint density at radius 1 is 0.846 bits per heavy atom. The van der Waals surface area contributed by atoms with Crippen LogP contribution in [0.2, 0.25) is 0 Å². The van der Waals surface area contributed by atoms with Gasteiger partial charge >= 0.3 is 0 Å². The van der Waals surface area contributed by atoms with Crippen LogP contribution in [0.25, 0.3) is 22.4 Å². The quantitative estimate of drug-likeness (QED) is 0.506. The summed E-state index contributed by atoms with van der Waals surface area (Å²) < 4.78 is 2.07. The van der Waals surface area contributed by atoms with Crippen LogP contribution in [0, 0.1) is 13.8 Å². The predicted molar refractivity (Wildman–Crippen MR) is 106 cm³/mol. The summed E-state index contributed by atoms with van der Waals surface area (Å²) in [6.45, 7) is 5.17. The fourth-order valence-electron chi connectivity index (χ4n) is 3.34. The van der Waals surface area contributed by atoms with Gasteiger partial charge in [-0.3, -0.25) is 4.98 Å². The van der Waals surface area contributed by atoms with Crippen LogP contribution in [-0.4, -0.2) is 14.5 Å². The van der Waals surface area contributed by atoms with E-state index in [2.05, 4.69) is 83.0 Å². The van der Waals surface area contributed by atoms with Crippen molar-refractivity contribution in [1.82, 2.24) is 14.5 Å². The van der Waals surface area contributed by atoms with E-state index in [-0.39, 0.29) is 0 Å². The number of aromatic nitrogens is 3. The molecule has 26 heavy (non-hydrogen) atoms. The number of hydrogen-bond donors (Lipinski definition) is 0. The van der Waals surface area contributed by atoms with E-state index < -0.39 is 0 Å². The second kappa shape index (κ2) is 6.96. The van der Waals surface area contributed by atoms with Gasteiger partial charge in [0.25, 0.3) is 0 Å². The van der Waals surface area contributed by atoms with Crippen molar-refractivity contribution in [3.05, 3.63) is 96.2 Å². The molecule has 0 aliphatic carbocycles. The lowest BCUT2D eigenvalue weighted by Gasteiger charge is -2.14. The van der Waals surface area contributed by atoms with E-state index in [4.69, 9.17) is 0 Å². The Balaban J connectivity index is 1.71. The number of rotatable bonds is 4. The summed E-state index contributed by atoms with van der Waals surface area (Å²) in [5.41, 5.74) is 8.53. The van der Waals surface area contributed by atoms with Crippen LogP contribution in [0.15, 0.2) is 79.5 Å². The normalized spacial score (nSPS) is 10.8. The monoisotopic (exact) mass is 339 g/mol. The molecule has 128 valence electrons. The Morgan fingerprint density at radius 2 is 1.62 bits per heavy atom. The highest BCUT2D eigenvalue weighted by molar-refractivity contribution is 5.75. The van der Waals surface area contributed by atoms with Crippen LogP contribution in [0.3, 0.4) is 0 Å². The molecule has 0 fully saturated rings. The van der Waals surface area contributed by atoms with Crippen molar-refractivity contribution in [2.24, 2.45) is 0 Å². The van der Waals surface area contributed by atoms with Gasteiger partial charge in [-0.15, -0.1) is 0 Å². The topological polar surface area (TPSA) is 30.7 Å². The summed E-state index contributed by atoms with van der Waals surface area (Å²) in [6.07, 6.45) is 7.51. The second-order valence-electron chi connectivity index (χ2n) is 6.56. The molecule has 0 spiro atoms. The lowest BCUT2D eigenvalue weighted by Crippen LogP contribution is -1.98. The molecule has 2 aromatic heterocycles. The van der Waals surface area contributed by atoms with E-state index in [1.165, 1.54) is 33.4 Å². The zero-order valence-electron chi connectivity index (χ0n) is 15.1. The van der Waals surface area contributed by atoms with Gasteiger partial charge in [-0.05, 0) is 53.8 Å². The third-order valence-corrected chi connectivity index (χ3v) is 4.90. The lowest BCUT2D eigenvalue weighted by atomic mass is 9.92. The van der Waals surface area contributed by atoms with Crippen LogP contribution in [0.1, 0.15) is 16.7 Å². The number of pyridine rings is 1. The van der Waals surface area contributed by atoms with E-state index in [0.29, 0.717) is 0 Å². The Morgan fingerprint density at radius 3 is 2.38 bits per heavy atom. The van der Waals surface area contributed by atoms with Gasteiger partial charge in [0.15, 0.2) is 0 Å². The van der Waals surface area contributed by atoms with Gasteiger partial charge in [0.05, 0.1) is 12.0 Å². The number of nitrogens with zero attached hydrogens (tertiary/aromatic N) is 3. The number of hydrogen-bond acceptors (Lipinski definition) is 2. The lowest BCUT2D eigenvalue weighted by molar-refractivity contribution is 0.796. The molecule has 0 atom stereocenters. The van der Waals surface area contributed by atoms with Crippen LogP contribution < -0.4 is 0 Å². The van der Waals surface area contributed by atoms with Gasteiger partial charge in [0.1, 0.15) is 0 Å². The van der Waals surface area contributed by atoms with Crippen LogP contribution in [-0.2, 0) is 6.54 Å². The maximum absolute atomic E-state index is 4.62. The molecule has 0 bridgehead atoms. The Kier molecular flexibility index (Phi) is 4.36. The SMILES string of the molecule is Cc1c(-c2ccccc2)ccc(-c2cc(Cn3ccnc3)ccn2)c1C. The molecule has 0 saturated heterocycles. The van der Waals surface area contributed by atoms with Gasteiger partial charge in [0, 0.05) is 30.7 Å². The first kappa shape index (κ1) is 16.3. The van der Waals surface area contributed by atoms with Gasteiger partial charge in [-0.25, -0.2) is 4.98 Å². The molecule has 0 aliphatic rings. The highest BCUT2D eigenvalue weighted by atomic mass is 15.0. The largest absolute Gasteiger partial charge is 0.333 e. The van der Waals surface area contributed by atoms with E-state index in [1.54, 1.807) is 6.20 Å². The molecule has 0 radical (unpaired) electrons. The molecular weight excluding hydrogens is 318 g/mol. The average Bonchev–Trinajstić information content (AvgIpc) is 3.18. The Bertz CT molecular complexity index is 1020. The smallest absolute Gasteiger partial charge is 0.0949 e. The summed E-state index contributed by atoms with van der Waals surface area (Å²) in [6, 6.07) is 19.2. The fourth-order valence-corrected chi connectivity index (χ4v) is 3.34. The summed E-state index contributed by atoms with van der Waals surface area (Å²) >= 11 is 0. The summed E-state index contributed by atoms with van der Waals surface area (Å²) in [7, 11) is 0. The number of benzene rings is 2. The van der Waals surface area contributed by atoms with Crippen LogP contribution in [0.4, 0.5) is 0 Å². The van der Waals surface area contributed by atoms with Gasteiger partial charge < -0.3 is 4.57 Å². The Labute approximate surface area is 154 Å². The van der Waals surface area contributed by atoms with Crippen molar-refractivity contribution in [2.45, 2.75) is 20.4 Å². The maximum atomic E-state index is 4.62. The van der Waals surface area contributed by atoms with Crippen LogP contribution >= 0.6 is 0 Å². The molecule has 0 unspecified atom stereocenters. The average molecular weight is 339 g/mol. The molecule has 0 aliphatic heterocycles. The Hall–Kier alpha value is -3.20. The molecule has 0 saturated carbocycles. The molecule has 2 aromatic carbocycles. The molecule has 0 N–H and O–H groups in total.